The quantitative estimate of drug-likeness (QED) is 0.161. The minimum Gasteiger partial charge on any atom is -0.386 e. The minimum absolute atomic E-state index is 0.0606. The Morgan fingerprint density at radius 1 is 0.948 bits per heavy atom. The number of imide groups is 2. The molecule has 4 N–H and O–H groups in total. The average molecular weight is 819 g/mol. The molecule has 58 heavy (non-hydrogen) atoms. The van der Waals surface area contributed by atoms with Crippen LogP contribution in [0.1, 0.15) is 82.0 Å². The number of carbonyl (C=O) groups is 5. The maximum atomic E-state index is 13.5. The lowest BCUT2D eigenvalue weighted by molar-refractivity contribution is -0.141. The van der Waals surface area contributed by atoms with Crippen LogP contribution in [-0.4, -0.2) is 99.7 Å². The fourth-order valence-electron chi connectivity index (χ4n) is 8.11. The highest BCUT2D eigenvalue weighted by atomic mass is 32.1. The number of amides is 5. The number of likely N-dealkylation sites (tertiary alicyclic amines) is 1. The summed E-state index contributed by atoms with van der Waals surface area (Å²) in [6.45, 7) is 8.13. The van der Waals surface area contributed by atoms with Gasteiger partial charge in [-0.2, -0.15) is 13.2 Å². The number of fused-ring (bicyclic) bond motifs is 2. The second-order valence-corrected chi connectivity index (χ2v) is 16.9. The van der Waals surface area contributed by atoms with Gasteiger partial charge in [0.1, 0.15) is 17.4 Å². The number of hydrogen-bond donors (Lipinski definition) is 4. The van der Waals surface area contributed by atoms with E-state index < -0.39 is 58.7 Å². The molecular weight excluding hydrogens is 778 g/mol. The lowest BCUT2D eigenvalue weighted by Gasteiger charge is -2.43. The number of thiazole rings is 1. The predicted molar refractivity (Wildman–Crippen MR) is 209 cm³/mol. The zero-order valence-corrected chi connectivity index (χ0v) is 32.5. The van der Waals surface area contributed by atoms with Crippen LogP contribution in [0.4, 0.5) is 29.7 Å². The van der Waals surface area contributed by atoms with Crippen molar-refractivity contribution in [3.63, 3.8) is 0 Å². The molecule has 1 atom stereocenters. The molecule has 5 amide bonds. The number of nitrogens with zero attached hydrogens (tertiary/aromatic N) is 5. The van der Waals surface area contributed by atoms with Crippen LogP contribution in [0.3, 0.4) is 0 Å². The van der Waals surface area contributed by atoms with E-state index in [1.54, 1.807) is 44.2 Å². The fourth-order valence-corrected chi connectivity index (χ4v) is 9.11. The van der Waals surface area contributed by atoms with E-state index in [1.165, 1.54) is 17.4 Å². The first-order chi connectivity index (χ1) is 27.5. The van der Waals surface area contributed by atoms with Crippen molar-refractivity contribution < 1.29 is 42.3 Å². The van der Waals surface area contributed by atoms with Gasteiger partial charge >= 0.3 is 6.18 Å². The van der Waals surface area contributed by atoms with Gasteiger partial charge < -0.3 is 25.5 Å². The molecule has 2 aromatic heterocycles. The first-order valence-electron chi connectivity index (χ1n) is 19.1. The third-order valence-corrected chi connectivity index (χ3v) is 12.3. The van der Waals surface area contributed by atoms with Crippen molar-refractivity contribution in [3.8, 4) is 0 Å². The van der Waals surface area contributed by atoms with Gasteiger partial charge in [0, 0.05) is 55.5 Å². The van der Waals surface area contributed by atoms with E-state index in [9.17, 15) is 42.3 Å². The number of carbonyl (C=O) groups excluding carboxylic acids is 5. The number of benzene rings is 2. The Labute approximate surface area is 334 Å². The van der Waals surface area contributed by atoms with E-state index in [0.717, 1.165) is 72.4 Å². The Morgan fingerprint density at radius 3 is 2.40 bits per heavy atom. The molecule has 18 heteroatoms. The summed E-state index contributed by atoms with van der Waals surface area (Å²) in [5, 5.41) is 20.0. The first-order valence-corrected chi connectivity index (χ1v) is 19.9. The van der Waals surface area contributed by atoms with Gasteiger partial charge in [0.05, 0.1) is 26.9 Å². The maximum Gasteiger partial charge on any atom is 0.433 e. The Kier molecular flexibility index (Phi) is 10.2. The lowest BCUT2D eigenvalue weighted by Crippen LogP contribution is -2.54. The molecule has 2 aromatic carbocycles. The van der Waals surface area contributed by atoms with E-state index in [1.807, 2.05) is 0 Å². The lowest BCUT2D eigenvalue weighted by atomic mass is 9.94. The van der Waals surface area contributed by atoms with Crippen molar-refractivity contribution in [1.82, 2.24) is 25.1 Å². The Bertz CT molecular complexity index is 2330. The van der Waals surface area contributed by atoms with Crippen molar-refractivity contribution in [2.45, 2.75) is 57.3 Å². The molecule has 0 bridgehead atoms. The molecule has 1 unspecified atom stereocenters. The standard InChI is InChI=1S/C40H41F3N8O6S/c1-39(2,57)24-15-28-30(16-27(24)46-34(53)26-7-4-8-31(45-26)40(41,42)43)58-38(47-28)50-19-22(20-50)18-49-13-11-21(12-14-49)17-44-25-6-3-5-23-33(25)37(56)51(36(23)55)29-9-10-32(52)48-35(29)54/h3-8,15-16,21-22,29,44,57H,9-14,17-20H2,1-2H3,(H,46,53)(H,48,52,54). The van der Waals surface area contributed by atoms with Crippen LogP contribution in [0.5, 0.6) is 0 Å². The number of halogens is 3. The van der Waals surface area contributed by atoms with Gasteiger partial charge in [-0.3, -0.25) is 34.2 Å². The molecule has 6 heterocycles. The van der Waals surface area contributed by atoms with E-state index in [0.29, 0.717) is 35.1 Å². The Hall–Kier alpha value is -5.46. The number of alkyl halides is 3. The summed E-state index contributed by atoms with van der Waals surface area (Å²) in [4.78, 5) is 77.7. The molecule has 14 nitrogen and oxygen atoms in total. The zero-order valence-electron chi connectivity index (χ0n) is 31.7. The van der Waals surface area contributed by atoms with Gasteiger partial charge in [0.2, 0.25) is 11.8 Å². The van der Waals surface area contributed by atoms with Crippen LogP contribution in [-0.2, 0) is 21.4 Å². The minimum atomic E-state index is -4.70. The van der Waals surface area contributed by atoms with Crippen molar-refractivity contribution >= 4 is 67.6 Å². The van der Waals surface area contributed by atoms with Crippen molar-refractivity contribution in [3.05, 3.63) is 76.6 Å². The van der Waals surface area contributed by atoms with Crippen molar-refractivity contribution in [1.29, 1.82) is 0 Å². The summed E-state index contributed by atoms with van der Waals surface area (Å²) in [6, 6.07) is 10.6. The third-order valence-electron chi connectivity index (χ3n) is 11.2. The van der Waals surface area contributed by atoms with E-state index in [2.05, 4.69) is 30.7 Å². The average Bonchev–Trinajstić information content (AvgIpc) is 3.68. The summed E-state index contributed by atoms with van der Waals surface area (Å²) in [6.07, 6.45) is -2.63. The Morgan fingerprint density at radius 2 is 1.69 bits per heavy atom. The van der Waals surface area contributed by atoms with Gasteiger partial charge in [-0.05, 0) is 88.5 Å². The van der Waals surface area contributed by atoms with Gasteiger partial charge in [-0.25, -0.2) is 9.97 Å². The molecule has 4 aliphatic rings. The summed E-state index contributed by atoms with van der Waals surface area (Å²) in [5.74, 6) is -2.16. The SMILES string of the molecule is CC(C)(O)c1cc2nc(N3CC(CN4CCC(CNc5cccc6c5C(=O)N(C5CCC(=O)NC5=O)C6=O)CC4)C3)sc2cc1NC(=O)c1cccc(C(F)(F)F)n1. The molecule has 0 spiro atoms. The number of hydrogen-bond acceptors (Lipinski definition) is 12. The van der Waals surface area contributed by atoms with Crippen molar-refractivity contribution in [2.75, 3.05) is 54.8 Å². The molecule has 0 radical (unpaired) electrons. The molecule has 0 saturated carbocycles. The molecule has 3 fully saturated rings. The number of piperidine rings is 2. The number of aliphatic hydroxyl groups is 1. The highest BCUT2D eigenvalue weighted by Gasteiger charge is 2.46. The van der Waals surface area contributed by atoms with E-state index in [-0.39, 0.29) is 29.7 Å². The summed E-state index contributed by atoms with van der Waals surface area (Å²) >= 11 is 1.43. The summed E-state index contributed by atoms with van der Waals surface area (Å²) in [7, 11) is 0. The van der Waals surface area contributed by atoms with Crippen LogP contribution >= 0.6 is 11.3 Å². The maximum absolute atomic E-state index is 13.5. The zero-order chi connectivity index (χ0) is 41.1. The van der Waals surface area contributed by atoms with Gasteiger partial charge in [-0.15, -0.1) is 0 Å². The normalized spacial score (nSPS) is 19.7. The van der Waals surface area contributed by atoms with Gasteiger partial charge in [0.25, 0.3) is 17.7 Å². The van der Waals surface area contributed by atoms with Crippen LogP contribution < -0.4 is 20.9 Å². The highest BCUT2D eigenvalue weighted by molar-refractivity contribution is 7.22. The number of anilines is 3. The third kappa shape index (κ3) is 7.75. The Balaban J connectivity index is 0.839. The topological polar surface area (TPSA) is 177 Å². The molecule has 0 aliphatic carbocycles. The molecule has 4 aliphatic heterocycles. The van der Waals surface area contributed by atoms with Crippen LogP contribution in [0.15, 0.2) is 48.5 Å². The van der Waals surface area contributed by atoms with Crippen LogP contribution in [0, 0.1) is 11.8 Å². The van der Waals surface area contributed by atoms with Gasteiger partial charge in [0.15, 0.2) is 5.13 Å². The van der Waals surface area contributed by atoms with Crippen LogP contribution in [0.2, 0.25) is 0 Å². The monoisotopic (exact) mass is 818 g/mol. The molecule has 304 valence electrons. The fraction of sp³-hybridized carbons (Fsp3) is 0.425. The second kappa shape index (κ2) is 15.0. The summed E-state index contributed by atoms with van der Waals surface area (Å²) in [5.41, 5.74) is -0.650. The number of aromatic nitrogens is 2. The van der Waals surface area contributed by atoms with Gasteiger partial charge in [-0.1, -0.05) is 23.5 Å². The molecule has 8 rings (SSSR count). The van der Waals surface area contributed by atoms with Crippen molar-refractivity contribution in [2.24, 2.45) is 11.8 Å². The number of nitrogens with one attached hydrogen (secondary N) is 3. The van der Waals surface area contributed by atoms with E-state index >= 15 is 0 Å². The number of rotatable bonds is 10. The molecule has 4 aromatic rings. The number of pyridine rings is 1. The second-order valence-electron chi connectivity index (χ2n) is 15.9. The largest absolute Gasteiger partial charge is 0.433 e. The van der Waals surface area contributed by atoms with E-state index in [4.69, 9.17) is 4.98 Å². The highest BCUT2D eigenvalue weighted by Crippen LogP contribution is 2.39. The predicted octanol–water partition coefficient (Wildman–Crippen LogP) is 4.85. The summed E-state index contributed by atoms with van der Waals surface area (Å²) < 4.78 is 40.4. The first kappa shape index (κ1) is 39.4. The van der Waals surface area contributed by atoms with Crippen LogP contribution in [0.25, 0.3) is 10.2 Å². The molecule has 3 saturated heterocycles. The molecular formula is C40H41F3N8O6S. The smallest absolute Gasteiger partial charge is 0.386 e.